The van der Waals surface area contributed by atoms with E-state index in [9.17, 15) is 18.0 Å². The molecule has 0 spiro atoms. The van der Waals surface area contributed by atoms with Crippen molar-refractivity contribution in [2.75, 3.05) is 10.8 Å². The lowest BCUT2D eigenvalue weighted by molar-refractivity contribution is -0.140. The summed E-state index contributed by atoms with van der Waals surface area (Å²) in [5, 5.41) is 3.05. The molecule has 8 heteroatoms. The molecular formula is C36H41N3O4S. The second-order valence-corrected chi connectivity index (χ2v) is 14.0. The quantitative estimate of drug-likeness (QED) is 0.224. The second-order valence-electron chi connectivity index (χ2n) is 12.1. The van der Waals surface area contributed by atoms with Crippen LogP contribution in [0.25, 0.3) is 0 Å². The van der Waals surface area contributed by atoms with Gasteiger partial charge in [0.25, 0.3) is 10.0 Å². The summed E-state index contributed by atoms with van der Waals surface area (Å²) in [5.41, 5.74) is 3.46. The van der Waals surface area contributed by atoms with Crippen molar-refractivity contribution in [1.29, 1.82) is 0 Å². The fourth-order valence-electron chi connectivity index (χ4n) is 4.93. The lowest BCUT2D eigenvalue weighted by atomic mass is 10.0. The number of benzene rings is 4. The zero-order chi connectivity index (χ0) is 31.9. The Hall–Kier alpha value is -4.43. The molecule has 7 nitrogen and oxygen atoms in total. The molecule has 4 rings (SSSR count). The number of hydrogen-bond donors (Lipinski definition) is 1. The second kappa shape index (κ2) is 13.9. The molecule has 0 aliphatic rings. The summed E-state index contributed by atoms with van der Waals surface area (Å²) in [7, 11) is -4.13. The topological polar surface area (TPSA) is 86.8 Å². The average Bonchev–Trinajstić information content (AvgIpc) is 2.98. The van der Waals surface area contributed by atoms with Gasteiger partial charge in [0, 0.05) is 18.5 Å². The molecule has 0 saturated carbocycles. The third-order valence-corrected chi connectivity index (χ3v) is 8.93. The molecular weight excluding hydrogens is 570 g/mol. The van der Waals surface area contributed by atoms with Gasteiger partial charge in [-0.3, -0.25) is 13.9 Å². The van der Waals surface area contributed by atoms with Crippen LogP contribution in [0.5, 0.6) is 0 Å². The normalized spacial score (nSPS) is 12.3. The number of hydrogen-bond acceptors (Lipinski definition) is 4. The summed E-state index contributed by atoms with van der Waals surface area (Å²) in [6.45, 7) is 9.17. The monoisotopic (exact) mass is 611 g/mol. The Morgan fingerprint density at radius 2 is 1.36 bits per heavy atom. The Morgan fingerprint density at radius 1 is 0.750 bits per heavy atom. The van der Waals surface area contributed by atoms with Crippen LogP contribution in [0.15, 0.2) is 114 Å². The van der Waals surface area contributed by atoms with Crippen molar-refractivity contribution < 1.29 is 18.0 Å². The maximum absolute atomic E-state index is 14.5. The maximum atomic E-state index is 14.5. The summed E-state index contributed by atoms with van der Waals surface area (Å²) in [6.07, 6.45) is 0.260. The average molecular weight is 612 g/mol. The Balaban J connectivity index is 1.81. The van der Waals surface area contributed by atoms with E-state index < -0.39 is 34.1 Å². The molecule has 4 aromatic rings. The van der Waals surface area contributed by atoms with Gasteiger partial charge in [0.1, 0.15) is 12.6 Å². The zero-order valence-electron chi connectivity index (χ0n) is 26.0. The summed E-state index contributed by atoms with van der Waals surface area (Å²) >= 11 is 0. The van der Waals surface area contributed by atoms with E-state index in [0.717, 1.165) is 26.6 Å². The Kier molecular flexibility index (Phi) is 10.3. The predicted molar refractivity (Wildman–Crippen MR) is 176 cm³/mol. The van der Waals surface area contributed by atoms with E-state index in [1.807, 2.05) is 95.3 Å². The molecule has 4 aromatic carbocycles. The predicted octanol–water partition coefficient (Wildman–Crippen LogP) is 6.05. The van der Waals surface area contributed by atoms with Gasteiger partial charge in [-0.15, -0.1) is 0 Å². The van der Waals surface area contributed by atoms with Crippen LogP contribution in [-0.2, 0) is 32.6 Å². The van der Waals surface area contributed by atoms with Gasteiger partial charge in [0.05, 0.1) is 10.6 Å². The van der Waals surface area contributed by atoms with Crippen molar-refractivity contribution in [3.05, 3.63) is 131 Å². The largest absolute Gasteiger partial charge is 0.350 e. The number of sulfonamides is 1. The lowest BCUT2D eigenvalue weighted by Crippen LogP contribution is -2.56. The van der Waals surface area contributed by atoms with Crippen LogP contribution in [0.2, 0.25) is 0 Å². The number of carbonyl (C=O) groups excluding carboxylic acids is 2. The number of anilines is 1. The molecule has 0 unspecified atom stereocenters. The van der Waals surface area contributed by atoms with Gasteiger partial charge < -0.3 is 10.2 Å². The maximum Gasteiger partial charge on any atom is 0.264 e. The van der Waals surface area contributed by atoms with E-state index >= 15 is 0 Å². The third-order valence-electron chi connectivity index (χ3n) is 7.14. The Bertz CT molecular complexity index is 1670. The number of carbonyl (C=O) groups is 2. The first-order valence-corrected chi connectivity index (χ1v) is 16.1. The molecule has 0 saturated heterocycles. The summed E-state index contributed by atoms with van der Waals surface area (Å²) in [5.74, 6) is -0.800. The van der Waals surface area contributed by atoms with Crippen LogP contribution in [-0.4, -0.2) is 43.3 Å². The molecule has 0 heterocycles. The molecule has 0 aliphatic heterocycles. The standard InChI is InChI=1S/C36H41N3O4S/c1-27-19-21-30(22-20-27)25-38(33(35(41)37-36(3,4)5)24-29-14-8-6-9-15-29)34(40)26-39(31-16-12-13-28(2)23-31)44(42,43)32-17-10-7-11-18-32/h6-23,33H,24-26H2,1-5H3,(H,37,41)/t33-/m1/s1. The van der Waals surface area contributed by atoms with Crippen molar-refractivity contribution in [3.63, 3.8) is 0 Å². The van der Waals surface area contributed by atoms with Crippen LogP contribution < -0.4 is 9.62 Å². The van der Waals surface area contributed by atoms with Gasteiger partial charge in [-0.05, 0) is 75.6 Å². The van der Waals surface area contributed by atoms with Crippen LogP contribution in [0.1, 0.15) is 43.0 Å². The minimum atomic E-state index is -4.13. The number of amides is 2. The Morgan fingerprint density at radius 3 is 1.95 bits per heavy atom. The van der Waals surface area contributed by atoms with Crippen LogP contribution in [0.4, 0.5) is 5.69 Å². The van der Waals surface area contributed by atoms with Crippen LogP contribution >= 0.6 is 0 Å². The van der Waals surface area contributed by atoms with Crippen molar-refractivity contribution in [3.8, 4) is 0 Å². The highest BCUT2D eigenvalue weighted by molar-refractivity contribution is 7.92. The molecule has 0 aliphatic carbocycles. The van der Waals surface area contributed by atoms with E-state index in [-0.39, 0.29) is 23.8 Å². The molecule has 0 radical (unpaired) electrons. The highest BCUT2D eigenvalue weighted by atomic mass is 32.2. The molecule has 44 heavy (non-hydrogen) atoms. The van der Waals surface area contributed by atoms with E-state index in [0.29, 0.717) is 5.69 Å². The van der Waals surface area contributed by atoms with Crippen molar-refractivity contribution in [2.45, 2.75) is 64.1 Å². The van der Waals surface area contributed by atoms with Gasteiger partial charge in [0.15, 0.2) is 0 Å². The smallest absolute Gasteiger partial charge is 0.264 e. The first-order valence-electron chi connectivity index (χ1n) is 14.7. The Labute approximate surface area is 261 Å². The van der Waals surface area contributed by atoms with E-state index in [2.05, 4.69) is 5.32 Å². The van der Waals surface area contributed by atoms with Crippen LogP contribution in [0, 0.1) is 13.8 Å². The molecule has 1 atom stereocenters. The third kappa shape index (κ3) is 8.57. The molecule has 0 aromatic heterocycles. The number of nitrogens with zero attached hydrogens (tertiary/aromatic N) is 2. The summed E-state index contributed by atoms with van der Waals surface area (Å²) in [4.78, 5) is 30.0. The number of rotatable bonds is 11. The number of nitrogens with one attached hydrogen (secondary N) is 1. The van der Waals surface area contributed by atoms with Crippen molar-refractivity contribution >= 4 is 27.5 Å². The molecule has 230 valence electrons. The van der Waals surface area contributed by atoms with Gasteiger partial charge in [-0.25, -0.2) is 8.42 Å². The van der Waals surface area contributed by atoms with Crippen molar-refractivity contribution in [2.24, 2.45) is 0 Å². The van der Waals surface area contributed by atoms with Crippen molar-refractivity contribution in [1.82, 2.24) is 10.2 Å². The fraction of sp³-hybridized carbons (Fsp3) is 0.278. The zero-order valence-corrected chi connectivity index (χ0v) is 26.8. The highest BCUT2D eigenvalue weighted by Gasteiger charge is 2.35. The summed E-state index contributed by atoms with van der Waals surface area (Å²) < 4.78 is 29.3. The highest BCUT2D eigenvalue weighted by Crippen LogP contribution is 2.26. The van der Waals surface area contributed by atoms with E-state index in [1.54, 1.807) is 36.4 Å². The minimum Gasteiger partial charge on any atom is -0.350 e. The fourth-order valence-corrected chi connectivity index (χ4v) is 6.36. The van der Waals surface area contributed by atoms with Gasteiger partial charge >= 0.3 is 0 Å². The SMILES string of the molecule is Cc1ccc(CN(C(=O)CN(c2cccc(C)c2)S(=O)(=O)c2ccccc2)[C@H](Cc2ccccc2)C(=O)NC(C)(C)C)cc1. The van der Waals surface area contributed by atoms with Gasteiger partial charge in [-0.2, -0.15) is 0 Å². The lowest BCUT2D eigenvalue weighted by Gasteiger charge is -2.35. The van der Waals surface area contributed by atoms with E-state index in [4.69, 9.17) is 0 Å². The van der Waals surface area contributed by atoms with Gasteiger partial charge in [-0.1, -0.05) is 90.5 Å². The molecule has 0 fully saturated rings. The molecule has 1 N–H and O–H groups in total. The van der Waals surface area contributed by atoms with E-state index in [1.165, 1.54) is 17.0 Å². The molecule has 0 bridgehead atoms. The van der Waals surface area contributed by atoms with Gasteiger partial charge in [0.2, 0.25) is 11.8 Å². The minimum absolute atomic E-state index is 0.0747. The number of aryl methyl sites for hydroxylation is 2. The van der Waals surface area contributed by atoms with Crippen LogP contribution in [0.3, 0.4) is 0 Å². The summed E-state index contributed by atoms with van der Waals surface area (Å²) in [6, 6.07) is 31.5. The molecule has 2 amide bonds. The first-order chi connectivity index (χ1) is 20.8. The first kappa shape index (κ1) is 32.5.